The number of cyclic esters (lactones) is 4. The number of ether oxygens (including phenoxy) is 4. The number of nitrogens with one attached hydrogen (secondary N) is 2. The summed E-state index contributed by atoms with van der Waals surface area (Å²) in [6.07, 6.45) is 0. The first-order valence-corrected chi connectivity index (χ1v) is 14.7. The van der Waals surface area contributed by atoms with Gasteiger partial charge in [0.25, 0.3) is 23.0 Å². The van der Waals surface area contributed by atoms with Crippen molar-refractivity contribution in [3.8, 4) is 0 Å². The molecule has 235 valence electrons. The molecule has 2 aliphatic heterocycles. The molecule has 0 amide bonds. The van der Waals surface area contributed by atoms with Gasteiger partial charge in [0.2, 0.25) is 10.3 Å². The third-order valence-electron chi connectivity index (χ3n) is 5.74. The molecule has 0 unspecified atom stereocenters. The van der Waals surface area contributed by atoms with Gasteiger partial charge in [-0.1, -0.05) is 34.8 Å². The summed E-state index contributed by atoms with van der Waals surface area (Å²) in [5.74, 6) is -5.87. The van der Waals surface area contributed by atoms with E-state index in [0.717, 1.165) is 31.6 Å². The molecule has 4 aromatic rings. The molecule has 0 atom stereocenters. The molecule has 2 aromatic heterocycles. The van der Waals surface area contributed by atoms with E-state index < -0.39 is 46.9 Å². The minimum atomic E-state index is -1.28. The van der Waals surface area contributed by atoms with Gasteiger partial charge in [0, 0.05) is 27.7 Å². The van der Waals surface area contributed by atoms with Crippen LogP contribution in [0, 0.1) is 13.8 Å². The minimum absolute atomic E-state index is 0. The molecular weight excluding hydrogens is 671 g/mol. The first-order valence-electron chi connectivity index (χ1n) is 13.0. The van der Waals surface area contributed by atoms with E-state index in [1.54, 1.807) is 0 Å². The van der Waals surface area contributed by atoms with Gasteiger partial charge in [0.1, 0.15) is 0 Å². The van der Waals surface area contributed by atoms with Gasteiger partial charge in [0.15, 0.2) is 0 Å². The Morgan fingerprint density at radius 3 is 1.29 bits per heavy atom. The van der Waals surface area contributed by atoms with Gasteiger partial charge in [-0.2, -0.15) is 10.2 Å². The third-order valence-corrected chi connectivity index (χ3v) is 7.59. The van der Waals surface area contributed by atoms with Crippen molar-refractivity contribution in [3.05, 3.63) is 47.5 Å². The molecule has 0 saturated carbocycles. The molecule has 2 N–H and O–H groups in total. The van der Waals surface area contributed by atoms with Crippen LogP contribution in [0.15, 0.2) is 46.6 Å². The predicted molar refractivity (Wildman–Crippen MR) is 163 cm³/mol. The van der Waals surface area contributed by atoms with E-state index in [1.807, 2.05) is 50.2 Å². The summed E-state index contributed by atoms with van der Waals surface area (Å²) < 4.78 is 21.8. The Labute approximate surface area is 274 Å². The van der Waals surface area contributed by atoms with Crippen LogP contribution in [0.1, 0.15) is 38.8 Å². The molecule has 4 heterocycles. The van der Waals surface area contributed by atoms with E-state index in [-0.39, 0.29) is 16.8 Å². The summed E-state index contributed by atoms with van der Waals surface area (Å²) in [7, 11) is 0. The van der Waals surface area contributed by atoms with Crippen molar-refractivity contribution >= 4 is 88.7 Å². The van der Waals surface area contributed by atoms with Crippen LogP contribution in [0.5, 0.6) is 0 Å². The molecule has 6 rings (SSSR count). The van der Waals surface area contributed by atoms with Crippen molar-refractivity contribution in [2.45, 2.75) is 53.1 Å². The molecule has 45 heavy (non-hydrogen) atoms. The second kappa shape index (κ2) is 12.9. The van der Waals surface area contributed by atoms with E-state index >= 15 is 0 Å². The summed E-state index contributed by atoms with van der Waals surface area (Å²) in [6.45, 7) is 9.88. The van der Waals surface area contributed by atoms with Crippen LogP contribution >= 0.6 is 22.7 Å². The number of nitrogens with zero attached hydrogens (tertiary/aromatic N) is 4. The molecule has 14 nitrogen and oxygen atoms in total. The zero-order chi connectivity index (χ0) is 31.8. The zero-order valence-corrected chi connectivity index (χ0v) is 27.3. The van der Waals surface area contributed by atoms with Crippen LogP contribution in [0.2, 0.25) is 0 Å². The number of benzene rings is 2. The quantitative estimate of drug-likeness (QED) is 0.227. The van der Waals surface area contributed by atoms with E-state index in [0.29, 0.717) is 10.3 Å². The van der Waals surface area contributed by atoms with Crippen molar-refractivity contribution in [1.82, 2.24) is 9.97 Å². The van der Waals surface area contributed by atoms with E-state index in [4.69, 9.17) is 18.9 Å². The molecule has 2 saturated heterocycles. The first kappa shape index (κ1) is 33.4. The van der Waals surface area contributed by atoms with Crippen molar-refractivity contribution in [2.24, 2.45) is 10.2 Å². The van der Waals surface area contributed by atoms with Crippen LogP contribution in [0.3, 0.4) is 0 Å². The first-order chi connectivity index (χ1) is 20.7. The molecular formula is C28H26CoN6O8S2+2. The van der Waals surface area contributed by atoms with Gasteiger partial charge >= 0.3 is 40.7 Å². The standard InChI is InChI=1S/2C14H13N3O4S.Co/c2*1-7-4-5-8-9(6-7)22-13(15-8)17-16-10-11(18)20-14(2,3)21-12(10)19;/h2*4-6H,1-3H3,(H,15,17);/q;;+2. The number of thiazole rings is 2. The number of hydrazone groups is 2. The molecule has 2 aromatic carbocycles. The van der Waals surface area contributed by atoms with Crippen LogP contribution in [-0.4, -0.2) is 56.8 Å². The Bertz CT molecular complexity index is 1720. The van der Waals surface area contributed by atoms with Crippen molar-refractivity contribution in [2.75, 3.05) is 10.9 Å². The number of esters is 4. The van der Waals surface area contributed by atoms with Gasteiger partial charge in [-0.15, -0.1) is 0 Å². The summed E-state index contributed by atoms with van der Waals surface area (Å²) in [6, 6.07) is 11.7. The third kappa shape index (κ3) is 7.99. The summed E-state index contributed by atoms with van der Waals surface area (Å²) >= 11 is 2.74. The maximum atomic E-state index is 11.7. The normalized spacial score (nSPS) is 16.8. The van der Waals surface area contributed by atoms with Gasteiger partial charge in [0.05, 0.1) is 20.4 Å². The minimum Gasteiger partial charge on any atom is -0.418 e. The summed E-state index contributed by atoms with van der Waals surface area (Å²) in [5, 5.41) is 8.47. The molecule has 0 bridgehead atoms. The Hall–Kier alpha value is -4.45. The fourth-order valence-electron chi connectivity index (χ4n) is 3.84. The number of hydrogen-bond acceptors (Lipinski definition) is 16. The molecule has 2 fully saturated rings. The predicted octanol–water partition coefficient (Wildman–Crippen LogP) is 4.41. The van der Waals surface area contributed by atoms with E-state index in [2.05, 4.69) is 31.0 Å². The maximum Gasteiger partial charge on any atom is 2.00 e. The molecule has 17 heteroatoms. The van der Waals surface area contributed by atoms with E-state index in [1.165, 1.54) is 50.4 Å². The average Bonchev–Trinajstić information content (AvgIpc) is 3.49. The SMILES string of the molecule is Cc1ccc2nc(NN=C3C(=O)OC(C)(C)OC3=O)sc2c1.Cc1ccc2nc(NN=C3C(=O)OC(C)(C)OC3=O)sc2c1.[Co+2]. The fourth-order valence-corrected chi connectivity index (χ4v) is 5.66. The van der Waals surface area contributed by atoms with Gasteiger partial charge < -0.3 is 18.9 Å². The van der Waals surface area contributed by atoms with Gasteiger partial charge in [-0.3, -0.25) is 10.9 Å². The van der Waals surface area contributed by atoms with Crippen molar-refractivity contribution < 1.29 is 54.9 Å². The van der Waals surface area contributed by atoms with Gasteiger partial charge in [-0.05, 0) is 49.2 Å². The number of aromatic nitrogens is 2. The fraction of sp³-hybridized carbons (Fsp3) is 0.286. The Balaban J connectivity index is 0.000000200. The number of aryl methyl sites for hydroxylation is 2. The Morgan fingerprint density at radius 2 is 0.956 bits per heavy atom. The Morgan fingerprint density at radius 1 is 0.622 bits per heavy atom. The van der Waals surface area contributed by atoms with Crippen molar-refractivity contribution in [3.63, 3.8) is 0 Å². The second-order valence-corrected chi connectivity index (χ2v) is 12.5. The average molecular weight is 698 g/mol. The van der Waals surface area contributed by atoms with Crippen LogP contribution < -0.4 is 10.9 Å². The number of carbonyl (C=O) groups is 4. The zero-order valence-electron chi connectivity index (χ0n) is 24.7. The molecule has 1 radical (unpaired) electrons. The largest absolute Gasteiger partial charge is 2.00 e. The molecule has 2 aliphatic rings. The second-order valence-electron chi connectivity index (χ2n) is 10.5. The Kier molecular flexibility index (Phi) is 9.57. The number of rotatable bonds is 4. The van der Waals surface area contributed by atoms with Crippen LogP contribution in [0.25, 0.3) is 20.4 Å². The van der Waals surface area contributed by atoms with E-state index in [9.17, 15) is 19.2 Å². The maximum absolute atomic E-state index is 11.7. The number of carbonyl (C=O) groups excluding carboxylic acids is 4. The van der Waals surface area contributed by atoms with Gasteiger partial charge in [-0.25, -0.2) is 29.1 Å². The van der Waals surface area contributed by atoms with Crippen molar-refractivity contribution in [1.29, 1.82) is 0 Å². The van der Waals surface area contributed by atoms with Crippen LogP contribution in [0.4, 0.5) is 10.3 Å². The smallest absolute Gasteiger partial charge is 0.418 e. The molecule has 0 aliphatic carbocycles. The number of fused-ring (bicyclic) bond motifs is 2. The number of hydrogen-bond donors (Lipinski definition) is 2. The summed E-state index contributed by atoms with van der Waals surface area (Å²) in [4.78, 5) is 55.6. The summed E-state index contributed by atoms with van der Waals surface area (Å²) in [5.41, 5.74) is 8.21. The van der Waals surface area contributed by atoms with Crippen LogP contribution in [-0.2, 0) is 54.9 Å². The number of anilines is 2. The molecule has 0 spiro atoms. The topological polar surface area (TPSA) is 180 Å². The monoisotopic (exact) mass is 697 g/mol.